The fourth-order valence-corrected chi connectivity index (χ4v) is 6.77. The standard InChI is InChI=1S/C33H43N5O6S/c1-22(2)20-38(45(42,43)28-15-11-25(34)12-16-28)21-31(39)29(17-24-7-5-4-6-8-24)37-33(41)44-27-18-30(35-19-27)32(40)36-26-13-9-23(3)10-14-26/h4-16,22,27,29-31,35,39H,17-21,34H2,1-3H3,(H,36,40)(H,37,41)/t27-,29+,30+,31-/m1/s1. The van der Waals surface area contributed by atoms with Crippen molar-refractivity contribution in [2.75, 3.05) is 30.7 Å². The van der Waals surface area contributed by atoms with Crippen molar-refractivity contribution in [1.29, 1.82) is 0 Å². The molecule has 3 aromatic carbocycles. The fraction of sp³-hybridized carbons (Fsp3) is 0.394. The Bertz CT molecular complexity index is 1520. The summed E-state index contributed by atoms with van der Waals surface area (Å²) in [5.41, 5.74) is 8.80. The largest absolute Gasteiger partial charge is 0.445 e. The van der Waals surface area contributed by atoms with Gasteiger partial charge in [0.05, 0.1) is 23.1 Å². The van der Waals surface area contributed by atoms with Gasteiger partial charge in [-0.3, -0.25) is 4.79 Å². The number of aryl methyl sites for hydroxylation is 1. The van der Waals surface area contributed by atoms with Gasteiger partial charge in [-0.15, -0.1) is 0 Å². The van der Waals surface area contributed by atoms with Crippen LogP contribution in [0, 0.1) is 12.8 Å². The lowest BCUT2D eigenvalue weighted by molar-refractivity contribution is -0.118. The summed E-state index contributed by atoms with van der Waals surface area (Å²) in [6, 6.07) is 21.2. The molecule has 242 valence electrons. The normalized spacial score (nSPS) is 18.0. The Kier molecular flexibility index (Phi) is 11.6. The molecule has 0 bridgehead atoms. The van der Waals surface area contributed by atoms with Crippen molar-refractivity contribution in [2.45, 2.75) is 62.8 Å². The highest BCUT2D eigenvalue weighted by atomic mass is 32.2. The molecule has 0 aromatic heterocycles. The number of carbonyl (C=O) groups excluding carboxylic acids is 2. The van der Waals surface area contributed by atoms with Crippen molar-refractivity contribution in [3.8, 4) is 0 Å². The number of rotatable bonds is 13. The average Bonchev–Trinajstić information content (AvgIpc) is 3.46. The molecule has 1 heterocycles. The third-order valence-corrected chi connectivity index (χ3v) is 9.39. The van der Waals surface area contributed by atoms with Gasteiger partial charge in [-0.05, 0) is 61.2 Å². The van der Waals surface area contributed by atoms with Crippen LogP contribution >= 0.6 is 0 Å². The molecule has 45 heavy (non-hydrogen) atoms. The van der Waals surface area contributed by atoms with Gasteiger partial charge in [-0.2, -0.15) is 4.31 Å². The van der Waals surface area contributed by atoms with E-state index in [-0.39, 0.29) is 49.2 Å². The quantitative estimate of drug-likeness (QED) is 0.178. The van der Waals surface area contributed by atoms with Crippen molar-refractivity contribution in [2.24, 2.45) is 5.92 Å². The predicted molar refractivity (Wildman–Crippen MR) is 174 cm³/mol. The molecule has 3 aromatic rings. The van der Waals surface area contributed by atoms with Crippen LogP contribution in [-0.2, 0) is 26.0 Å². The highest BCUT2D eigenvalue weighted by Gasteiger charge is 2.34. The summed E-state index contributed by atoms with van der Waals surface area (Å²) >= 11 is 0. The van der Waals surface area contributed by atoms with Gasteiger partial charge in [0.2, 0.25) is 15.9 Å². The number of alkyl carbamates (subject to hydrolysis) is 1. The van der Waals surface area contributed by atoms with E-state index in [0.29, 0.717) is 11.4 Å². The van der Waals surface area contributed by atoms with E-state index in [2.05, 4.69) is 16.0 Å². The summed E-state index contributed by atoms with van der Waals surface area (Å²) in [6.07, 6.45) is -2.09. The van der Waals surface area contributed by atoms with Crippen LogP contribution in [0.1, 0.15) is 31.4 Å². The minimum Gasteiger partial charge on any atom is -0.445 e. The van der Waals surface area contributed by atoms with E-state index < -0.39 is 40.4 Å². The number of ether oxygens (including phenoxy) is 1. The molecule has 4 rings (SSSR count). The Morgan fingerprint density at radius 1 is 1.02 bits per heavy atom. The van der Waals surface area contributed by atoms with Gasteiger partial charge >= 0.3 is 6.09 Å². The molecule has 1 fully saturated rings. The molecule has 0 saturated carbocycles. The molecule has 0 unspecified atom stereocenters. The van der Waals surface area contributed by atoms with Crippen LogP contribution in [0.2, 0.25) is 0 Å². The smallest absolute Gasteiger partial charge is 0.407 e. The number of nitrogen functional groups attached to an aromatic ring is 1. The molecule has 1 aliphatic heterocycles. The predicted octanol–water partition coefficient (Wildman–Crippen LogP) is 3.29. The van der Waals surface area contributed by atoms with Crippen LogP contribution in [0.4, 0.5) is 16.2 Å². The first kappa shape index (κ1) is 33.9. The lowest BCUT2D eigenvalue weighted by Gasteiger charge is -2.30. The number of amides is 2. The molecular weight excluding hydrogens is 594 g/mol. The zero-order valence-electron chi connectivity index (χ0n) is 25.8. The molecule has 4 atom stereocenters. The second-order valence-electron chi connectivity index (χ2n) is 11.9. The van der Waals surface area contributed by atoms with Crippen molar-refractivity contribution >= 4 is 33.4 Å². The van der Waals surface area contributed by atoms with Crippen LogP contribution in [0.5, 0.6) is 0 Å². The summed E-state index contributed by atoms with van der Waals surface area (Å²) < 4.78 is 34.1. The number of nitrogens with two attached hydrogens (primary N) is 1. The van der Waals surface area contributed by atoms with Crippen LogP contribution in [0.15, 0.2) is 83.8 Å². The van der Waals surface area contributed by atoms with E-state index >= 15 is 0 Å². The number of sulfonamides is 1. The molecule has 1 aliphatic rings. The van der Waals surface area contributed by atoms with Crippen LogP contribution in [0.25, 0.3) is 0 Å². The SMILES string of the molecule is Cc1ccc(NC(=O)[C@@H]2C[C@@H](OC(=O)N[C@@H](Cc3ccccc3)[C@H](O)CN(CC(C)C)S(=O)(=O)c3ccc(N)cc3)CN2)cc1. The highest BCUT2D eigenvalue weighted by molar-refractivity contribution is 7.89. The summed E-state index contributed by atoms with van der Waals surface area (Å²) in [4.78, 5) is 25.9. The van der Waals surface area contributed by atoms with E-state index in [1.54, 1.807) is 0 Å². The van der Waals surface area contributed by atoms with E-state index in [1.165, 1.54) is 28.6 Å². The third kappa shape index (κ3) is 9.76. The maximum Gasteiger partial charge on any atom is 0.407 e. The van der Waals surface area contributed by atoms with Gasteiger partial charge in [0.25, 0.3) is 0 Å². The summed E-state index contributed by atoms with van der Waals surface area (Å²) in [7, 11) is -3.97. The number of nitrogens with zero attached hydrogens (tertiary/aromatic N) is 1. The number of benzene rings is 3. The number of nitrogens with one attached hydrogen (secondary N) is 3. The Morgan fingerprint density at radius 2 is 1.69 bits per heavy atom. The third-order valence-electron chi connectivity index (χ3n) is 7.54. The van der Waals surface area contributed by atoms with Crippen molar-refractivity contribution in [1.82, 2.24) is 14.9 Å². The molecule has 12 heteroatoms. The zero-order chi connectivity index (χ0) is 32.6. The Hall–Kier alpha value is -3.97. The van der Waals surface area contributed by atoms with Crippen molar-refractivity contribution in [3.05, 3.63) is 90.0 Å². The number of aliphatic hydroxyl groups is 1. The van der Waals surface area contributed by atoms with E-state index in [0.717, 1.165) is 11.1 Å². The van der Waals surface area contributed by atoms with Crippen LogP contribution in [0.3, 0.4) is 0 Å². The topological polar surface area (TPSA) is 163 Å². The van der Waals surface area contributed by atoms with Gasteiger partial charge in [-0.25, -0.2) is 13.2 Å². The van der Waals surface area contributed by atoms with Crippen molar-refractivity contribution < 1.29 is 27.9 Å². The van der Waals surface area contributed by atoms with E-state index in [4.69, 9.17) is 10.5 Å². The number of hydrogen-bond donors (Lipinski definition) is 5. The van der Waals surface area contributed by atoms with Gasteiger partial charge in [0, 0.05) is 37.4 Å². The number of hydrogen-bond acceptors (Lipinski definition) is 8. The molecule has 0 radical (unpaired) electrons. The summed E-state index contributed by atoms with van der Waals surface area (Å²) in [6.45, 7) is 5.93. The molecule has 2 amide bonds. The van der Waals surface area contributed by atoms with E-state index in [9.17, 15) is 23.1 Å². The first-order chi connectivity index (χ1) is 21.4. The van der Waals surface area contributed by atoms with Crippen LogP contribution in [-0.4, -0.2) is 73.8 Å². The first-order valence-electron chi connectivity index (χ1n) is 15.1. The highest BCUT2D eigenvalue weighted by Crippen LogP contribution is 2.21. The van der Waals surface area contributed by atoms with Gasteiger partial charge in [0.1, 0.15) is 6.10 Å². The van der Waals surface area contributed by atoms with Gasteiger partial charge in [-0.1, -0.05) is 61.9 Å². The molecule has 6 N–H and O–H groups in total. The minimum absolute atomic E-state index is 0.0303. The second kappa shape index (κ2) is 15.3. The second-order valence-corrected chi connectivity index (χ2v) is 13.8. The maximum absolute atomic E-state index is 13.6. The zero-order valence-corrected chi connectivity index (χ0v) is 26.7. The number of aliphatic hydroxyl groups excluding tert-OH is 1. The number of carbonyl (C=O) groups is 2. The maximum atomic E-state index is 13.6. The lowest BCUT2D eigenvalue weighted by Crippen LogP contribution is -2.51. The number of anilines is 2. The van der Waals surface area contributed by atoms with E-state index in [1.807, 2.05) is 75.4 Å². The summed E-state index contributed by atoms with van der Waals surface area (Å²) in [5.74, 6) is -0.257. The lowest BCUT2D eigenvalue weighted by atomic mass is 10.0. The molecule has 0 spiro atoms. The monoisotopic (exact) mass is 637 g/mol. The first-order valence-corrected chi connectivity index (χ1v) is 16.5. The van der Waals surface area contributed by atoms with Gasteiger partial charge in [0.15, 0.2) is 0 Å². The van der Waals surface area contributed by atoms with Crippen LogP contribution < -0.4 is 21.7 Å². The van der Waals surface area contributed by atoms with Crippen molar-refractivity contribution in [3.63, 3.8) is 0 Å². The Labute approximate surface area is 265 Å². The molecule has 11 nitrogen and oxygen atoms in total. The fourth-order valence-electron chi connectivity index (χ4n) is 5.15. The molecule has 1 saturated heterocycles. The van der Waals surface area contributed by atoms with Gasteiger partial charge < -0.3 is 31.5 Å². The summed E-state index contributed by atoms with van der Waals surface area (Å²) in [5, 5.41) is 20.1. The minimum atomic E-state index is -3.97. The molecule has 0 aliphatic carbocycles. The average molecular weight is 638 g/mol. The Balaban J connectivity index is 1.42. The molecular formula is C33H43N5O6S. The Morgan fingerprint density at radius 3 is 2.33 bits per heavy atom.